The van der Waals surface area contributed by atoms with E-state index in [1.165, 1.54) is 33.4 Å². The quantitative estimate of drug-likeness (QED) is 0.229. The predicted octanol–water partition coefficient (Wildman–Crippen LogP) is 8.18. The first-order valence-corrected chi connectivity index (χ1v) is 13.4. The Labute approximate surface area is 227 Å². The van der Waals surface area contributed by atoms with Crippen LogP contribution in [0.15, 0.2) is 150 Å². The summed E-state index contributed by atoms with van der Waals surface area (Å²) in [7, 11) is 0. The van der Waals surface area contributed by atoms with E-state index in [0.29, 0.717) is 0 Å². The maximum Gasteiger partial charge on any atom is 0.328 e. The van der Waals surface area contributed by atoms with Gasteiger partial charge in [-0.2, -0.15) is 0 Å². The minimum absolute atomic E-state index is 0.0505. The average molecular weight is 497 g/mol. The third-order valence-electron chi connectivity index (χ3n) is 7.94. The second-order valence-electron chi connectivity index (χ2n) is 10.1. The number of furan rings is 1. The molecule has 0 fully saturated rings. The van der Waals surface area contributed by atoms with E-state index in [1.807, 2.05) is 12.1 Å². The van der Waals surface area contributed by atoms with Crippen molar-refractivity contribution in [3.05, 3.63) is 146 Å². The van der Waals surface area contributed by atoms with Gasteiger partial charge in [0.15, 0.2) is 0 Å². The summed E-state index contributed by atoms with van der Waals surface area (Å²) in [4.78, 5) is 2.48. The zero-order valence-electron chi connectivity index (χ0n) is 21.3. The second-order valence-corrected chi connectivity index (χ2v) is 10.1. The lowest BCUT2D eigenvalue weighted by Gasteiger charge is -2.39. The number of fused-ring (bicyclic) bond motifs is 6. The number of benzene rings is 6. The monoisotopic (exact) mass is 497 g/mol. The smallest absolute Gasteiger partial charge is 0.328 e. The van der Waals surface area contributed by atoms with Crippen molar-refractivity contribution in [3.63, 3.8) is 0 Å². The van der Waals surface area contributed by atoms with E-state index >= 15 is 0 Å². The van der Waals surface area contributed by atoms with Gasteiger partial charge in [-0.3, -0.25) is 0 Å². The molecule has 0 saturated carbocycles. The fourth-order valence-corrected chi connectivity index (χ4v) is 6.20. The van der Waals surface area contributed by atoms with Crippen LogP contribution in [0.3, 0.4) is 0 Å². The van der Waals surface area contributed by atoms with Crippen LogP contribution in [-0.4, -0.2) is 6.85 Å². The lowest BCUT2D eigenvalue weighted by Crippen LogP contribution is -2.57. The SMILES string of the molecule is c1ccc(N2B(c3ccc(-c4cccc5c4oc4ccccc45)cc3)c3ccccc3-c3ccccc32)cc1. The van der Waals surface area contributed by atoms with Crippen LogP contribution in [0, 0.1) is 0 Å². The van der Waals surface area contributed by atoms with E-state index in [-0.39, 0.29) is 6.85 Å². The number of hydrogen-bond acceptors (Lipinski definition) is 2. The van der Waals surface area contributed by atoms with Gasteiger partial charge in [0.1, 0.15) is 11.2 Å². The molecule has 39 heavy (non-hydrogen) atoms. The zero-order valence-corrected chi connectivity index (χ0v) is 21.3. The number of anilines is 2. The van der Waals surface area contributed by atoms with Crippen LogP contribution in [0.4, 0.5) is 11.4 Å². The Balaban J connectivity index is 1.29. The maximum atomic E-state index is 6.34. The molecule has 8 rings (SSSR count). The van der Waals surface area contributed by atoms with E-state index in [1.54, 1.807) is 0 Å². The third-order valence-corrected chi connectivity index (χ3v) is 7.94. The highest BCUT2D eigenvalue weighted by molar-refractivity contribution is 6.90. The van der Waals surface area contributed by atoms with E-state index in [0.717, 1.165) is 33.1 Å². The fraction of sp³-hybridized carbons (Fsp3) is 0. The molecule has 6 aromatic carbocycles. The highest BCUT2D eigenvalue weighted by atomic mass is 16.3. The van der Waals surface area contributed by atoms with Gasteiger partial charge in [0, 0.05) is 33.3 Å². The maximum absolute atomic E-state index is 6.34. The molecule has 7 aromatic rings. The number of para-hydroxylation sites is 4. The Morgan fingerprint density at radius 3 is 2.03 bits per heavy atom. The van der Waals surface area contributed by atoms with Gasteiger partial charge in [-0.1, -0.05) is 127 Å². The van der Waals surface area contributed by atoms with Crippen molar-refractivity contribution in [2.45, 2.75) is 0 Å². The normalized spacial score (nSPS) is 12.5. The summed E-state index contributed by atoms with van der Waals surface area (Å²) < 4.78 is 6.34. The van der Waals surface area contributed by atoms with Crippen LogP contribution in [0.1, 0.15) is 0 Å². The van der Waals surface area contributed by atoms with E-state index < -0.39 is 0 Å². The standard InChI is InChI=1S/C36H24BNO/c1-2-11-27(12-3-1)38-34-19-8-5-14-30(34)29-13-4-7-18-33(29)37(38)26-23-21-25(22-24-26)28-16-10-17-32-31-15-6-9-20-35(31)39-36(28)32/h1-24H. The van der Waals surface area contributed by atoms with Gasteiger partial charge in [0.05, 0.1) is 0 Å². The second kappa shape index (κ2) is 8.78. The zero-order chi connectivity index (χ0) is 25.8. The number of hydrogen-bond donors (Lipinski definition) is 0. The minimum atomic E-state index is 0.0505. The van der Waals surface area contributed by atoms with Crippen LogP contribution in [-0.2, 0) is 0 Å². The van der Waals surface area contributed by atoms with Crippen molar-refractivity contribution in [2.75, 3.05) is 4.81 Å². The van der Waals surface area contributed by atoms with Gasteiger partial charge in [0.25, 0.3) is 0 Å². The van der Waals surface area contributed by atoms with Gasteiger partial charge in [-0.05, 0) is 40.9 Å². The Kier molecular flexibility index (Phi) is 4.96. The molecule has 182 valence electrons. The summed E-state index contributed by atoms with van der Waals surface area (Å²) in [5.74, 6) is 0. The molecular weight excluding hydrogens is 473 g/mol. The molecule has 0 unspecified atom stereocenters. The molecule has 1 aliphatic rings. The van der Waals surface area contributed by atoms with Crippen LogP contribution < -0.4 is 15.7 Å². The van der Waals surface area contributed by atoms with Crippen molar-refractivity contribution >= 4 is 51.1 Å². The Morgan fingerprint density at radius 1 is 0.487 bits per heavy atom. The van der Waals surface area contributed by atoms with Crippen molar-refractivity contribution < 1.29 is 4.42 Å². The highest BCUT2D eigenvalue weighted by Gasteiger charge is 2.36. The molecule has 0 atom stereocenters. The average Bonchev–Trinajstić information content (AvgIpc) is 3.40. The summed E-state index contributed by atoms with van der Waals surface area (Å²) in [6, 6.07) is 52.0. The lowest BCUT2D eigenvalue weighted by atomic mass is 9.45. The molecule has 2 nitrogen and oxygen atoms in total. The van der Waals surface area contributed by atoms with Crippen LogP contribution in [0.2, 0.25) is 0 Å². The first kappa shape index (κ1) is 22.0. The van der Waals surface area contributed by atoms with Gasteiger partial charge < -0.3 is 9.23 Å². The van der Waals surface area contributed by atoms with Crippen LogP contribution in [0.5, 0.6) is 0 Å². The van der Waals surface area contributed by atoms with E-state index in [4.69, 9.17) is 4.42 Å². The first-order chi connectivity index (χ1) is 19.4. The van der Waals surface area contributed by atoms with Crippen LogP contribution >= 0.6 is 0 Å². The largest absolute Gasteiger partial charge is 0.455 e. The van der Waals surface area contributed by atoms with Crippen molar-refractivity contribution in [1.82, 2.24) is 0 Å². The summed E-state index contributed by atoms with van der Waals surface area (Å²) in [6.45, 7) is 0.0505. The van der Waals surface area contributed by atoms with Crippen molar-refractivity contribution in [3.8, 4) is 22.3 Å². The fourth-order valence-electron chi connectivity index (χ4n) is 6.20. The third kappa shape index (κ3) is 3.44. The molecule has 0 bridgehead atoms. The molecule has 3 heteroatoms. The summed E-state index contributed by atoms with van der Waals surface area (Å²) in [5.41, 5.74) is 11.7. The van der Waals surface area contributed by atoms with Crippen LogP contribution in [0.25, 0.3) is 44.2 Å². The Bertz CT molecular complexity index is 1970. The highest BCUT2D eigenvalue weighted by Crippen LogP contribution is 2.40. The van der Waals surface area contributed by atoms with Crippen molar-refractivity contribution in [1.29, 1.82) is 0 Å². The van der Waals surface area contributed by atoms with Gasteiger partial charge in [-0.25, -0.2) is 0 Å². The molecule has 0 radical (unpaired) electrons. The molecule has 1 aliphatic heterocycles. The molecule has 0 saturated heterocycles. The molecule has 0 N–H and O–H groups in total. The minimum Gasteiger partial charge on any atom is -0.455 e. The van der Waals surface area contributed by atoms with Gasteiger partial charge >= 0.3 is 6.85 Å². The molecule has 0 spiro atoms. The Morgan fingerprint density at radius 2 is 1.15 bits per heavy atom. The predicted molar refractivity (Wildman–Crippen MR) is 165 cm³/mol. The van der Waals surface area contributed by atoms with Crippen molar-refractivity contribution in [2.24, 2.45) is 0 Å². The molecular formula is C36H24BNO. The molecule has 0 aliphatic carbocycles. The van der Waals surface area contributed by atoms with Gasteiger partial charge in [0.2, 0.25) is 0 Å². The van der Waals surface area contributed by atoms with Gasteiger partial charge in [-0.15, -0.1) is 0 Å². The number of rotatable bonds is 3. The van der Waals surface area contributed by atoms with E-state index in [9.17, 15) is 0 Å². The lowest BCUT2D eigenvalue weighted by molar-refractivity contribution is 0.670. The summed E-state index contributed by atoms with van der Waals surface area (Å²) in [5, 5.41) is 2.31. The molecule has 0 amide bonds. The first-order valence-electron chi connectivity index (χ1n) is 13.4. The molecule has 1 aromatic heterocycles. The Hall–Kier alpha value is -5.02. The summed E-state index contributed by atoms with van der Waals surface area (Å²) in [6.07, 6.45) is 0. The number of nitrogens with zero attached hydrogens (tertiary/aromatic N) is 1. The topological polar surface area (TPSA) is 16.4 Å². The molecule has 2 heterocycles. The summed E-state index contributed by atoms with van der Waals surface area (Å²) >= 11 is 0. The van der Waals surface area contributed by atoms with E-state index in [2.05, 4.69) is 138 Å².